The largest absolute Gasteiger partial charge is 0.379 e. The predicted octanol–water partition coefficient (Wildman–Crippen LogP) is 2.35. The van der Waals surface area contributed by atoms with Gasteiger partial charge in [0, 0.05) is 32.4 Å². The van der Waals surface area contributed by atoms with Gasteiger partial charge in [0.2, 0.25) is 21.9 Å². The maximum absolute atomic E-state index is 12.4. The summed E-state index contributed by atoms with van der Waals surface area (Å²) in [6.07, 6.45) is 15.0. The molecule has 4 heterocycles. The number of aromatic nitrogens is 6. The highest BCUT2D eigenvalue weighted by molar-refractivity contribution is 7.92. The first-order valence-corrected chi connectivity index (χ1v) is 14.4. The molecule has 36 heavy (non-hydrogen) atoms. The van der Waals surface area contributed by atoms with Gasteiger partial charge in [-0.1, -0.05) is 25.7 Å². The zero-order chi connectivity index (χ0) is 25.0. The zero-order valence-corrected chi connectivity index (χ0v) is 21.4. The van der Waals surface area contributed by atoms with Gasteiger partial charge in [0.05, 0.1) is 55.2 Å². The number of fused-ring (bicyclic) bond motifs is 1. The first kappa shape index (κ1) is 24.8. The fraction of sp³-hybridized carbons (Fsp3) is 0.609. The SMILES string of the molecule is CS(=O)(=O)N(CCN1CCOCC1)c1ncc(Nc2ncc3cnn(C4CCCCCC4)c3n2)cn1. The topological polar surface area (TPSA) is 131 Å². The third-order valence-electron chi connectivity index (χ3n) is 6.75. The van der Waals surface area contributed by atoms with Gasteiger partial charge in [-0.3, -0.25) is 4.90 Å². The molecule has 0 amide bonds. The van der Waals surface area contributed by atoms with E-state index in [0.717, 1.165) is 37.0 Å². The van der Waals surface area contributed by atoms with E-state index in [2.05, 4.69) is 30.3 Å². The summed E-state index contributed by atoms with van der Waals surface area (Å²) >= 11 is 0. The van der Waals surface area contributed by atoms with Crippen LogP contribution in [0.15, 0.2) is 24.8 Å². The standard InChI is InChI=1S/C23H33N9O3S/c1-36(33,34)31(9-8-30-10-12-35-13-11-30)23-25-16-19(17-26-23)28-22-24-14-18-15-27-32(21(18)29-22)20-6-4-2-3-5-7-20/h14-17,20H,2-13H2,1H3,(H,24,28,29). The second-order valence-corrected chi connectivity index (χ2v) is 11.3. The van der Waals surface area contributed by atoms with Gasteiger partial charge in [0.1, 0.15) is 0 Å². The molecule has 1 N–H and O–H groups in total. The van der Waals surface area contributed by atoms with Crippen LogP contribution in [0.5, 0.6) is 0 Å². The second kappa shape index (κ2) is 11.0. The van der Waals surface area contributed by atoms with Gasteiger partial charge in [-0.15, -0.1) is 0 Å². The molecule has 1 saturated carbocycles. The Morgan fingerprint density at radius 1 is 1.03 bits per heavy atom. The maximum atomic E-state index is 12.4. The van der Waals surface area contributed by atoms with E-state index in [1.165, 1.54) is 36.2 Å². The van der Waals surface area contributed by atoms with E-state index in [-0.39, 0.29) is 12.5 Å². The van der Waals surface area contributed by atoms with E-state index >= 15 is 0 Å². The zero-order valence-electron chi connectivity index (χ0n) is 20.6. The molecule has 1 aliphatic heterocycles. The predicted molar refractivity (Wildman–Crippen MR) is 137 cm³/mol. The number of morpholine rings is 1. The number of ether oxygens (including phenoxy) is 1. The Bertz CT molecular complexity index is 1250. The average molecular weight is 516 g/mol. The number of anilines is 3. The van der Waals surface area contributed by atoms with Crippen LogP contribution >= 0.6 is 0 Å². The Labute approximate surface area is 211 Å². The minimum atomic E-state index is -3.53. The third-order valence-corrected chi connectivity index (χ3v) is 7.89. The fourth-order valence-corrected chi connectivity index (χ4v) is 5.58. The van der Waals surface area contributed by atoms with Crippen molar-refractivity contribution in [3.63, 3.8) is 0 Å². The molecule has 0 atom stereocenters. The minimum Gasteiger partial charge on any atom is -0.379 e. The van der Waals surface area contributed by atoms with E-state index in [4.69, 9.17) is 9.72 Å². The van der Waals surface area contributed by atoms with Crippen LogP contribution in [-0.4, -0.2) is 88.7 Å². The Morgan fingerprint density at radius 3 is 2.44 bits per heavy atom. The first-order valence-electron chi connectivity index (χ1n) is 12.5. The maximum Gasteiger partial charge on any atom is 0.239 e. The van der Waals surface area contributed by atoms with Gasteiger partial charge in [0.25, 0.3) is 0 Å². The van der Waals surface area contributed by atoms with Crippen LogP contribution < -0.4 is 9.62 Å². The summed E-state index contributed by atoms with van der Waals surface area (Å²) in [6.45, 7) is 3.74. The van der Waals surface area contributed by atoms with Gasteiger partial charge in [-0.05, 0) is 12.8 Å². The van der Waals surface area contributed by atoms with Crippen LogP contribution in [0.4, 0.5) is 17.6 Å². The normalized spacial score (nSPS) is 18.2. The number of hydrogen-bond donors (Lipinski definition) is 1. The molecular formula is C23H33N9O3S. The molecule has 0 radical (unpaired) electrons. The van der Waals surface area contributed by atoms with Crippen LogP contribution in [0.2, 0.25) is 0 Å². The van der Waals surface area contributed by atoms with Crippen molar-refractivity contribution in [1.82, 2.24) is 34.6 Å². The van der Waals surface area contributed by atoms with Gasteiger partial charge >= 0.3 is 0 Å². The summed E-state index contributed by atoms with van der Waals surface area (Å²) < 4.78 is 33.5. The second-order valence-electron chi connectivity index (χ2n) is 9.39. The van der Waals surface area contributed by atoms with Crippen LogP contribution in [0.25, 0.3) is 11.0 Å². The van der Waals surface area contributed by atoms with Crippen molar-refractivity contribution in [2.75, 3.05) is 55.3 Å². The molecule has 3 aromatic heterocycles. The van der Waals surface area contributed by atoms with Crippen molar-refractivity contribution in [3.8, 4) is 0 Å². The summed E-state index contributed by atoms with van der Waals surface area (Å²) in [6, 6.07) is 0.356. The molecule has 1 saturated heterocycles. The third kappa shape index (κ3) is 5.90. The van der Waals surface area contributed by atoms with E-state index in [1.807, 2.05) is 10.9 Å². The fourth-order valence-electron chi connectivity index (χ4n) is 4.78. The van der Waals surface area contributed by atoms with Crippen molar-refractivity contribution >= 4 is 38.6 Å². The number of sulfonamides is 1. The Balaban J connectivity index is 1.29. The molecule has 0 bridgehead atoms. The highest BCUT2D eigenvalue weighted by atomic mass is 32.2. The van der Waals surface area contributed by atoms with Gasteiger partial charge in [-0.2, -0.15) is 10.1 Å². The van der Waals surface area contributed by atoms with Gasteiger partial charge in [-0.25, -0.2) is 32.4 Å². The van der Waals surface area contributed by atoms with E-state index in [0.29, 0.717) is 37.4 Å². The molecule has 13 heteroatoms. The molecule has 5 rings (SSSR count). The van der Waals surface area contributed by atoms with Gasteiger partial charge in [0.15, 0.2) is 5.65 Å². The number of nitrogens with zero attached hydrogens (tertiary/aromatic N) is 8. The van der Waals surface area contributed by atoms with Crippen molar-refractivity contribution in [1.29, 1.82) is 0 Å². The lowest BCUT2D eigenvalue weighted by Crippen LogP contribution is -2.43. The molecule has 0 aromatic carbocycles. The molecule has 2 fully saturated rings. The number of hydrogen-bond acceptors (Lipinski definition) is 10. The molecule has 3 aromatic rings. The minimum absolute atomic E-state index is 0.138. The Hall–Kier alpha value is -2.90. The van der Waals surface area contributed by atoms with Crippen LogP contribution in [0.1, 0.15) is 44.6 Å². The van der Waals surface area contributed by atoms with E-state index in [9.17, 15) is 8.42 Å². The molecule has 0 unspecified atom stereocenters. The summed E-state index contributed by atoms with van der Waals surface area (Å²) in [5.41, 5.74) is 1.38. The van der Waals surface area contributed by atoms with Gasteiger partial charge < -0.3 is 10.1 Å². The molecule has 12 nitrogen and oxygen atoms in total. The highest BCUT2D eigenvalue weighted by Gasteiger charge is 2.22. The van der Waals surface area contributed by atoms with Crippen molar-refractivity contribution in [2.24, 2.45) is 0 Å². The lowest BCUT2D eigenvalue weighted by molar-refractivity contribution is 0.0395. The number of nitrogens with one attached hydrogen (secondary N) is 1. The molecular weight excluding hydrogens is 482 g/mol. The van der Waals surface area contributed by atoms with Crippen molar-refractivity contribution < 1.29 is 13.2 Å². The molecule has 194 valence electrons. The van der Waals surface area contributed by atoms with Crippen molar-refractivity contribution in [2.45, 2.75) is 44.6 Å². The number of rotatable bonds is 8. The quantitative estimate of drug-likeness (QED) is 0.446. The van der Waals surface area contributed by atoms with E-state index < -0.39 is 10.0 Å². The van der Waals surface area contributed by atoms with Crippen LogP contribution in [0.3, 0.4) is 0 Å². The summed E-state index contributed by atoms with van der Waals surface area (Å²) in [4.78, 5) is 19.9. The first-order chi connectivity index (χ1) is 17.5. The Morgan fingerprint density at radius 2 is 1.75 bits per heavy atom. The summed E-state index contributed by atoms with van der Waals surface area (Å²) in [5, 5.41) is 8.64. The lowest BCUT2D eigenvalue weighted by Gasteiger charge is -2.29. The Kier molecular flexibility index (Phi) is 7.58. The van der Waals surface area contributed by atoms with Crippen LogP contribution in [-0.2, 0) is 14.8 Å². The highest BCUT2D eigenvalue weighted by Crippen LogP contribution is 2.29. The molecule has 2 aliphatic rings. The summed E-state index contributed by atoms with van der Waals surface area (Å²) in [5.74, 6) is 0.556. The monoisotopic (exact) mass is 515 g/mol. The van der Waals surface area contributed by atoms with E-state index in [1.54, 1.807) is 18.6 Å². The molecule has 0 spiro atoms. The summed E-state index contributed by atoms with van der Waals surface area (Å²) in [7, 11) is -3.53. The lowest BCUT2D eigenvalue weighted by atomic mass is 10.1. The smallest absolute Gasteiger partial charge is 0.239 e. The molecule has 1 aliphatic carbocycles. The van der Waals surface area contributed by atoms with Crippen LogP contribution in [0, 0.1) is 0 Å². The van der Waals surface area contributed by atoms with Crippen molar-refractivity contribution in [3.05, 3.63) is 24.8 Å². The average Bonchev–Trinajstić information content (AvgIpc) is 3.10.